The Kier molecular flexibility index (Phi) is 3.32. The molecule has 1 aliphatic heterocycles. The summed E-state index contributed by atoms with van der Waals surface area (Å²) in [5.74, 6) is 0.580. The lowest BCUT2D eigenvalue weighted by molar-refractivity contribution is 0.0962. The molecule has 0 radical (unpaired) electrons. The van der Waals surface area contributed by atoms with Crippen LogP contribution in [-0.4, -0.2) is 27.1 Å². The van der Waals surface area contributed by atoms with Crippen molar-refractivity contribution < 1.29 is 9.90 Å². The van der Waals surface area contributed by atoms with Gasteiger partial charge in [-0.25, -0.2) is 4.98 Å². The maximum atomic E-state index is 13.0. The number of carbonyl (C=O) groups is 1. The van der Waals surface area contributed by atoms with Crippen molar-refractivity contribution in [2.24, 2.45) is 5.41 Å². The third-order valence-corrected chi connectivity index (χ3v) is 5.31. The number of carbonyl (C=O) groups excluding carboxylic acids is 1. The van der Waals surface area contributed by atoms with Crippen molar-refractivity contribution in [1.29, 1.82) is 0 Å². The van der Waals surface area contributed by atoms with Crippen LogP contribution in [0, 0.1) is 12.3 Å². The second-order valence-corrected chi connectivity index (χ2v) is 7.72. The molecule has 2 aliphatic rings. The number of nitrogens with zero attached hydrogens (tertiary/aromatic N) is 3. The minimum atomic E-state index is -0.107. The first-order chi connectivity index (χ1) is 11.4. The van der Waals surface area contributed by atoms with Crippen LogP contribution < -0.4 is 4.90 Å². The molecule has 24 heavy (non-hydrogen) atoms. The van der Waals surface area contributed by atoms with Crippen molar-refractivity contribution in [2.45, 2.75) is 46.8 Å². The predicted molar refractivity (Wildman–Crippen MR) is 92.2 cm³/mol. The molecule has 2 aromatic heterocycles. The summed E-state index contributed by atoms with van der Waals surface area (Å²) in [6, 6.07) is 3.93. The standard InChI is InChI=1S/C19H23N3O2/c1-12-4-5-20-17(14(12)11-23)22-7-6-21-15(18(22)24)8-13-9-19(2,3)10-16(13)21/h4-5,8,23H,6-7,9-11H2,1-3H3. The van der Waals surface area contributed by atoms with Gasteiger partial charge in [0.2, 0.25) is 0 Å². The average molecular weight is 325 g/mol. The van der Waals surface area contributed by atoms with E-state index < -0.39 is 0 Å². The molecule has 1 aliphatic carbocycles. The monoisotopic (exact) mass is 325 g/mol. The van der Waals surface area contributed by atoms with Crippen molar-refractivity contribution >= 4 is 11.7 Å². The van der Waals surface area contributed by atoms with E-state index in [0.717, 1.165) is 36.2 Å². The molecule has 0 bridgehead atoms. The molecular weight excluding hydrogens is 302 g/mol. The summed E-state index contributed by atoms with van der Waals surface area (Å²) in [5, 5.41) is 9.68. The lowest BCUT2D eigenvalue weighted by atomic mass is 9.90. The van der Waals surface area contributed by atoms with Gasteiger partial charge in [-0.1, -0.05) is 13.8 Å². The number of rotatable bonds is 2. The molecule has 5 nitrogen and oxygen atoms in total. The number of aromatic nitrogens is 2. The molecule has 0 atom stereocenters. The van der Waals surface area contributed by atoms with Gasteiger partial charge in [0.1, 0.15) is 11.5 Å². The number of aliphatic hydroxyl groups excluding tert-OH is 1. The van der Waals surface area contributed by atoms with Crippen molar-refractivity contribution in [3.8, 4) is 0 Å². The smallest absolute Gasteiger partial charge is 0.276 e. The van der Waals surface area contributed by atoms with Gasteiger partial charge in [0.15, 0.2) is 0 Å². The Bertz CT molecular complexity index is 835. The summed E-state index contributed by atoms with van der Waals surface area (Å²) in [6.07, 6.45) is 3.76. The van der Waals surface area contributed by atoms with Crippen molar-refractivity contribution in [3.05, 3.63) is 46.4 Å². The first-order valence-electron chi connectivity index (χ1n) is 8.50. The largest absolute Gasteiger partial charge is 0.392 e. The Balaban J connectivity index is 1.73. The van der Waals surface area contributed by atoms with E-state index in [2.05, 4.69) is 29.5 Å². The van der Waals surface area contributed by atoms with Crippen LogP contribution in [0.25, 0.3) is 0 Å². The van der Waals surface area contributed by atoms with Gasteiger partial charge in [-0.05, 0) is 48.4 Å². The first-order valence-corrected chi connectivity index (χ1v) is 8.50. The molecule has 0 aromatic carbocycles. The Morgan fingerprint density at radius 2 is 2.08 bits per heavy atom. The molecule has 1 amide bonds. The molecule has 126 valence electrons. The number of hydrogen-bond donors (Lipinski definition) is 1. The van der Waals surface area contributed by atoms with E-state index in [1.807, 2.05) is 13.0 Å². The van der Waals surface area contributed by atoms with Crippen LogP contribution in [0.5, 0.6) is 0 Å². The fraction of sp³-hybridized carbons (Fsp3) is 0.474. The molecule has 0 fully saturated rings. The van der Waals surface area contributed by atoms with Gasteiger partial charge < -0.3 is 9.67 Å². The number of hydrogen-bond acceptors (Lipinski definition) is 3. The Hall–Kier alpha value is -2.14. The summed E-state index contributed by atoms with van der Waals surface area (Å²) in [4.78, 5) is 19.1. The average Bonchev–Trinajstić information content (AvgIpc) is 3.00. The molecule has 0 unspecified atom stereocenters. The van der Waals surface area contributed by atoms with Crippen LogP contribution in [-0.2, 0) is 26.0 Å². The zero-order valence-electron chi connectivity index (χ0n) is 14.5. The fourth-order valence-corrected chi connectivity index (χ4v) is 4.12. The highest BCUT2D eigenvalue weighted by atomic mass is 16.3. The van der Waals surface area contributed by atoms with E-state index in [1.165, 1.54) is 11.3 Å². The molecule has 4 rings (SSSR count). The van der Waals surface area contributed by atoms with E-state index in [9.17, 15) is 9.90 Å². The molecule has 1 N–H and O–H groups in total. The van der Waals surface area contributed by atoms with Crippen LogP contribution in [0.1, 0.15) is 46.7 Å². The summed E-state index contributed by atoms with van der Waals surface area (Å²) in [5.41, 5.74) is 5.37. The lowest BCUT2D eigenvalue weighted by Gasteiger charge is -2.30. The highest BCUT2D eigenvalue weighted by Gasteiger charge is 2.37. The summed E-state index contributed by atoms with van der Waals surface area (Å²) < 4.78 is 2.19. The van der Waals surface area contributed by atoms with E-state index in [4.69, 9.17) is 0 Å². The molecular formula is C19H23N3O2. The maximum Gasteiger partial charge on any atom is 0.276 e. The number of pyridine rings is 1. The van der Waals surface area contributed by atoms with E-state index >= 15 is 0 Å². The quantitative estimate of drug-likeness (QED) is 0.923. The van der Waals surface area contributed by atoms with Crippen LogP contribution in [0.3, 0.4) is 0 Å². The van der Waals surface area contributed by atoms with E-state index in [0.29, 0.717) is 12.4 Å². The number of anilines is 1. The van der Waals surface area contributed by atoms with Gasteiger partial charge in [-0.15, -0.1) is 0 Å². The van der Waals surface area contributed by atoms with Gasteiger partial charge in [0.25, 0.3) is 5.91 Å². The van der Waals surface area contributed by atoms with Gasteiger partial charge >= 0.3 is 0 Å². The normalized spacial score (nSPS) is 18.7. The first kappa shape index (κ1) is 15.4. The van der Waals surface area contributed by atoms with Crippen molar-refractivity contribution in [2.75, 3.05) is 11.4 Å². The van der Waals surface area contributed by atoms with Gasteiger partial charge in [0, 0.05) is 30.5 Å². The summed E-state index contributed by atoms with van der Waals surface area (Å²) in [7, 11) is 0. The Morgan fingerprint density at radius 1 is 1.29 bits per heavy atom. The molecule has 0 saturated heterocycles. The summed E-state index contributed by atoms with van der Waals surface area (Å²) >= 11 is 0. The lowest BCUT2D eigenvalue weighted by Crippen LogP contribution is -2.41. The topological polar surface area (TPSA) is 58.4 Å². The molecule has 0 spiro atoms. The predicted octanol–water partition coefficient (Wildman–Crippen LogP) is 2.47. The number of aliphatic hydroxyl groups is 1. The van der Waals surface area contributed by atoms with Crippen LogP contribution in [0.2, 0.25) is 0 Å². The van der Waals surface area contributed by atoms with Gasteiger partial charge in [-0.2, -0.15) is 0 Å². The van der Waals surface area contributed by atoms with Crippen molar-refractivity contribution in [1.82, 2.24) is 9.55 Å². The SMILES string of the molecule is Cc1ccnc(N2CCn3c(cc4c3CC(C)(C)C4)C2=O)c1CO. The zero-order valence-corrected chi connectivity index (χ0v) is 14.5. The number of aryl methyl sites for hydroxylation is 1. The van der Waals surface area contributed by atoms with E-state index in [-0.39, 0.29) is 17.9 Å². The minimum Gasteiger partial charge on any atom is -0.392 e. The molecule has 0 saturated carbocycles. The van der Waals surface area contributed by atoms with Crippen LogP contribution >= 0.6 is 0 Å². The third-order valence-electron chi connectivity index (χ3n) is 5.31. The molecule has 5 heteroatoms. The van der Waals surface area contributed by atoms with Gasteiger partial charge in [0.05, 0.1) is 6.61 Å². The second-order valence-electron chi connectivity index (χ2n) is 7.72. The molecule has 2 aromatic rings. The van der Waals surface area contributed by atoms with Gasteiger partial charge in [-0.3, -0.25) is 9.69 Å². The summed E-state index contributed by atoms with van der Waals surface area (Å²) in [6.45, 7) is 7.76. The third kappa shape index (κ3) is 2.18. The fourth-order valence-electron chi connectivity index (χ4n) is 4.12. The second kappa shape index (κ2) is 5.18. The Labute approximate surface area is 141 Å². The van der Waals surface area contributed by atoms with Crippen molar-refractivity contribution in [3.63, 3.8) is 0 Å². The maximum absolute atomic E-state index is 13.0. The minimum absolute atomic E-state index is 0.0127. The number of amides is 1. The Morgan fingerprint density at radius 3 is 2.83 bits per heavy atom. The van der Waals surface area contributed by atoms with Crippen LogP contribution in [0.15, 0.2) is 18.3 Å². The highest BCUT2D eigenvalue weighted by Crippen LogP contribution is 2.39. The van der Waals surface area contributed by atoms with E-state index in [1.54, 1.807) is 11.1 Å². The zero-order chi connectivity index (χ0) is 17.1. The highest BCUT2D eigenvalue weighted by molar-refractivity contribution is 6.06. The molecule has 3 heterocycles. The number of fused-ring (bicyclic) bond motifs is 3. The van der Waals surface area contributed by atoms with Crippen LogP contribution in [0.4, 0.5) is 5.82 Å².